The number of pyridine rings is 1. The van der Waals surface area contributed by atoms with Crippen LogP contribution in [0.25, 0.3) is 10.3 Å². The van der Waals surface area contributed by atoms with E-state index in [1.807, 2.05) is 0 Å². The molecule has 146 valence electrons. The van der Waals surface area contributed by atoms with E-state index in [0.717, 1.165) is 11.3 Å². The molecule has 0 unspecified atom stereocenters. The van der Waals surface area contributed by atoms with E-state index < -0.39 is 20.9 Å². The van der Waals surface area contributed by atoms with Crippen molar-refractivity contribution in [3.8, 4) is 0 Å². The third-order valence-electron chi connectivity index (χ3n) is 3.99. The molecule has 0 aliphatic carbocycles. The van der Waals surface area contributed by atoms with Gasteiger partial charge in [-0.3, -0.25) is 9.78 Å². The number of sulfonamides is 1. The molecule has 29 heavy (non-hydrogen) atoms. The maximum absolute atomic E-state index is 13.4. The zero-order valence-electron chi connectivity index (χ0n) is 14.5. The van der Waals surface area contributed by atoms with Crippen molar-refractivity contribution in [3.05, 3.63) is 86.8 Å². The van der Waals surface area contributed by atoms with Crippen molar-refractivity contribution in [2.75, 3.05) is 4.31 Å². The van der Waals surface area contributed by atoms with Crippen LogP contribution in [0.4, 0.5) is 5.69 Å². The molecule has 0 saturated heterocycles. The van der Waals surface area contributed by atoms with Gasteiger partial charge in [0.15, 0.2) is 0 Å². The highest BCUT2D eigenvalue weighted by Gasteiger charge is 2.32. The van der Waals surface area contributed by atoms with Gasteiger partial charge in [-0.15, -0.1) is 0 Å². The summed E-state index contributed by atoms with van der Waals surface area (Å²) in [5.74, 6) is -0.767. The minimum absolute atomic E-state index is 0.0570. The fourth-order valence-corrected chi connectivity index (χ4v) is 5.04. The number of hydrogen-bond acceptors (Lipinski definition) is 7. The van der Waals surface area contributed by atoms with Crippen molar-refractivity contribution in [1.29, 1.82) is 0 Å². The average molecular weight is 491 g/mol. The summed E-state index contributed by atoms with van der Waals surface area (Å²) in [7, 11) is -4.25. The predicted molar refractivity (Wildman–Crippen MR) is 113 cm³/mol. The SMILES string of the molecule is O=C(c1cccnc1)N(c1ccc2oc(=O)sc2c1)S(=O)(=O)c1ccc(Br)cc1. The maximum atomic E-state index is 13.4. The number of anilines is 1. The van der Waals surface area contributed by atoms with Crippen molar-refractivity contribution >= 4 is 59.2 Å². The lowest BCUT2D eigenvalue weighted by molar-refractivity contribution is 0.100. The Labute approximate surface area is 177 Å². The lowest BCUT2D eigenvalue weighted by atomic mass is 10.2. The van der Waals surface area contributed by atoms with E-state index in [1.54, 1.807) is 18.2 Å². The summed E-state index contributed by atoms with van der Waals surface area (Å²) in [6, 6.07) is 13.3. The lowest BCUT2D eigenvalue weighted by Gasteiger charge is -2.22. The molecule has 0 N–H and O–H groups in total. The Morgan fingerprint density at radius 1 is 1.10 bits per heavy atom. The molecule has 0 fully saturated rings. The van der Waals surface area contributed by atoms with Crippen LogP contribution in [0.5, 0.6) is 0 Å². The maximum Gasteiger partial charge on any atom is 0.396 e. The number of halogens is 1. The minimum Gasteiger partial charge on any atom is -0.414 e. The van der Waals surface area contributed by atoms with Gasteiger partial charge in [-0.1, -0.05) is 27.3 Å². The van der Waals surface area contributed by atoms with Gasteiger partial charge in [0.1, 0.15) is 5.58 Å². The Bertz CT molecular complexity index is 1360. The van der Waals surface area contributed by atoms with Crippen molar-refractivity contribution in [1.82, 2.24) is 4.98 Å². The molecule has 7 nitrogen and oxygen atoms in total. The van der Waals surface area contributed by atoms with E-state index in [9.17, 15) is 18.0 Å². The molecule has 4 rings (SSSR count). The molecule has 0 atom stereocenters. The first-order valence-electron chi connectivity index (χ1n) is 8.15. The molecule has 4 aromatic rings. The smallest absolute Gasteiger partial charge is 0.396 e. The Morgan fingerprint density at radius 2 is 1.86 bits per heavy atom. The van der Waals surface area contributed by atoms with Crippen LogP contribution in [0, 0.1) is 0 Å². The number of rotatable bonds is 4. The van der Waals surface area contributed by atoms with E-state index in [0.29, 0.717) is 19.1 Å². The second-order valence-electron chi connectivity index (χ2n) is 5.86. The summed E-state index contributed by atoms with van der Waals surface area (Å²) in [6.45, 7) is 0. The lowest BCUT2D eigenvalue weighted by Crippen LogP contribution is -2.37. The van der Waals surface area contributed by atoms with Gasteiger partial charge in [-0.2, -0.15) is 4.31 Å². The fourth-order valence-electron chi connectivity index (χ4n) is 2.67. The Kier molecular flexibility index (Phi) is 5.07. The molecule has 0 radical (unpaired) electrons. The minimum atomic E-state index is -4.25. The molecule has 2 aromatic carbocycles. The number of hydrogen-bond donors (Lipinski definition) is 0. The highest BCUT2D eigenvalue weighted by Crippen LogP contribution is 2.30. The van der Waals surface area contributed by atoms with Crippen LogP contribution in [0.2, 0.25) is 0 Å². The van der Waals surface area contributed by atoms with Gasteiger partial charge in [0.05, 0.1) is 20.8 Å². The molecule has 0 aliphatic rings. The Hall–Kier alpha value is -2.82. The van der Waals surface area contributed by atoms with Gasteiger partial charge in [-0.05, 0) is 54.6 Å². The van der Waals surface area contributed by atoms with Crippen LogP contribution in [-0.4, -0.2) is 19.3 Å². The molecular formula is C19H11BrN2O5S2. The van der Waals surface area contributed by atoms with E-state index in [-0.39, 0.29) is 16.1 Å². The molecule has 10 heteroatoms. The first-order valence-corrected chi connectivity index (χ1v) is 11.2. The predicted octanol–water partition coefficient (Wildman–Crippen LogP) is 4.05. The van der Waals surface area contributed by atoms with Crippen molar-refractivity contribution in [3.63, 3.8) is 0 Å². The van der Waals surface area contributed by atoms with Crippen molar-refractivity contribution < 1.29 is 17.6 Å². The van der Waals surface area contributed by atoms with Crippen LogP contribution in [0.1, 0.15) is 10.4 Å². The topological polar surface area (TPSA) is 97.6 Å². The highest BCUT2D eigenvalue weighted by atomic mass is 79.9. The molecule has 0 saturated carbocycles. The Morgan fingerprint density at radius 3 is 2.55 bits per heavy atom. The molecular weight excluding hydrogens is 480 g/mol. The molecule has 0 aliphatic heterocycles. The van der Waals surface area contributed by atoms with E-state index in [1.165, 1.54) is 48.8 Å². The summed E-state index contributed by atoms with van der Waals surface area (Å²) < 4.78 is 33.6. The van der Waals surface area contributed by atoms with Gasteiger partial charge in [0, 0.05) is 16.9 Å². The fraction of sp³-hybridized carbons (Fsp3) is 0. The Balaban J connectivity index is 1.91. The number of fused-ring (bicyclic) bond motifs is 1. The van der Waals surface area contributed by atoms with E-state index in [4.69, 9.17) is 4.42 Å². The zero-order chi connectivity index (χ0) is 20.6. The second-order valence-corrected chi connectivity index (χ2v) is 9.54. The van der Waals surface area contributed by atoms with Crippen molar-refractivity contribution in [2.45, 2.75) is 4.90 Å². The third-order valence-corrected chi connectivity index (χ3v) is 7.04. The number of amides is 1. The van der Waals surface area contributed by atoms with Gasteiger partial charge < -0.3 is 4.42 Å². The summed E-state index contributed by atoms with van der Waals surface area (Å²) >= 11 is 4.09. The van der Waals surface area contributed by atoms with Crippen LogP contribution < -0.4 is 9.24 Å². The van der Waals surface area contributed by atoms with E-state index in [2.05, 4.69) is 20.9 Å². The molecule has 2 aromatic heterocycles. The van der Waals surface area contributed by atoms with Gasteiger partial charge >= 0.3 is 4.94 Å². The first kappa shape index (κ1) is 19.5. The number of nitrogens with zero attached hydrogens (tertiary/aromatic N) is 2. The standard InChI is InChI=1S/C19H11BrN2O5S2/c20-13-3-6-15(7-4-13)29(25,26)22(18(23)12-2-1-9-21-11-12)14-5-8-16-17(10-14)28-19(24)27-16/h1-11H. The summed E-state index contributed by atoms with van der Waals surface area (Å²) in [5.41, 5.74) is 0.513. The molecule has 0 bridgehead atoms. The summed E-state index contributed by atoms with van der Waals surface area (Å²) in [4.78, 5) is 28.0. The largest absolute Gasteiger partial charge is 0.414 e. The molecule has 1 amide bonds. The first-order chi connectivity index (χ1) is 13.9. The quantitative estimate of drug-likeness (QED) is 0.427. The highest BCUT2D eigenvalue weighted by molar-refractivity contribution is 9.10. The third kappa shape index (κ3) is 3.74. The van der Waals surface area contributed by atoms with Crippen LogP contribution in [0.3, 0.4) is 0 Å². The molecule has 0 spiro atoms. The van der Waals surface area contributed by atoms with Crippen molar-refractivity contribution in [2.24, 2.45) is 0 Å². The van der Waals surface area contributed by atoms with Gasteiger partial charge in [0.25, 0.3) is 15.9 Å². The summed E-state index contributed by atoms with van der Waals surface area (Å²) in [6.07, 6.45) is 2.78. The number of carbonyl (C=O) groups excluding carboxylic acids is 1. The number of aromatic nitrogens is 1. The normalized spacial score (nSPS) is 11.5. The molecule has 2 heterocycles. The van der Waals surface area contributed by atoms with E-state index >= 15 is 0 Å². The van der Waals surface area contributed by atoms with Gasteiger partial charge in [-0.25, -0.2) is 13.2 Å². The number of carbonyl (C=O) groups is 1. The van der Waals surface area contributed by atoms with Gasteiger partial charge in [0.2, 0.25) is 0 Å². The zero-order valence-corrected chi connectivity index (χ0v) is 17.7. The number of benzene rings is 2. The monoisotopic (exact) mass is 490 g/mol. The van der Waals surface area contributed by atoms with Crippen LogP contribution in [0.15, 0.2) is 85.6 Å². The van der Waals surface area contributed by atoms with Crippen LogP contribution >= 0.6 is 27.3 Å². The summed E-state index contributed by atoms with van der Waals surface area (Å²) in [5, 5.41) is 0. The van der Waals surface area contributed by atoms with Crippen LogP contribution in [-0.2, 0) is 10.0 Å². The second kappa shape index (κ2) is 7.54. The average Bonchev–Trinajstić information content (AvgIpc) is 3.08.